The first kappa shape index (κ1) is 21.2. The topological polar surface area (TPSA) is 84.3 Å². The second-order valence-electron chi connectivity index (χ2n) is 6.44. The van der Waals surface area contributed by atoms with Crippen molar-refractivity contribution >= 4 is 27.3 Å². The molecule has 3 rings (SSSR count). The highest BCUT2D eigenvalue weighted by atomic mass is 32.2. The van der Waals surface area contributed by atoms with Crippen molar-refractivity contribution in [2.75, 3.05) is 14.1 Å². The number of carbonyl (C=O) groups excluding carboxylic acids is 1. The molecule has 0 atom stereocenters. The molecule has 0 aliphatic carbocycles. The molecule has 3 aromatic rings. The van der Waals surface area contributed by atoms with E-state index in [1.807, 2.05) is 6.92 Å². The quantitative estimate of drug-likeness (QED) is 0.617. The van der Waals surface area contributed by atoms with Crippen LogP contribution in [0.4, 0.5) is 4.39 Å². The van der Waals surface area contributed by atoms with Crippen molar-refractivity contribution in [1.82, 2.24) is 19.4 Å². The lowest BCUT2D eigenvalue weighted by Crippen LogP contribution is -2.23. The first-order chi connectivity index (χ1) is 13.7. The Hall–Kier alpha value is -2.56. The molecular formula is C19H21FN4O3S2. The van der Waals surface area contributed by atoms with E-state index in [-0.39, 0.29) is 22.5 Å². The normalized spacial score (nSPS) is 11.8. The second-order valence-corrected chi connectivity index (χ2v) is 9.98. The maximum absolute atomic E-state index is 13.2. The van der Waals surface area contributed by atoms with Crippen molar-refractivity contribution in [2.24, 2.45) is 0 Å². The van der Waals surface area contributed by atoms with Crippen LogP contribution in [-0.4, -0.2) is 42.5 Å². The van der Waals surface area contributed by atoms with Gasteiger partial charge in [0.05, 0.1) is 29.7 Å². The Bertz CT molecular complexity index is 1120. The molecule has 1 aromatic carbocycles. The van der Waals surface area contributed by atoms with E-state index < -0.39 is 10.0 Å². The van der Waals surface area contributed by atoms with Gasteiger partial charge >= 0.3 is 0 Å². The summed E-state index contributed by atoms with van der Waals surface area (Å²) in [5, 5.41) is 7.08. The fourth-order valence-corrected chi connectivity index (χ4v) is 5.21. The molecule has 0 saturated heterocycles. The van der Waals surface area contributed by atoms with Gasteiger partial charge in [-0.3, -0.25) is 4.79 Å². The smallest absolute Gasteiger partial charge is 0.255 e. The first-order valence-electron chi connectivity index (χ1n) is 8.86. The van der Waals surface area contributed by atoms with E-state index in [4.69, 9.17) is 0 Å². The van der Waals surface area contributed by atoms with Gasteiger partial charge in [-0.1, -0.05) is 6.92 Å². The number of aromatic nitrogens is 2. The van der Waals surface area contributed by atoms with E-state index in [1.165, 1.54) is 38.5 Å². The number of sulfonamides is 1. The Balaban J connectivity index is 1.75. The zero-order chi connectivity index (χ0) is 21.2. The zero-order valence-corrected chi connectivity index (χ0v) is 17.8. The number of thiophene rings is 1. The van der Waals surface area contributed by atoms with Crippen molar-refractivity contribution in [2.45, 2.75) is 24.1 Å². The average Bonchev–Trinajstić information content (AvgIpc) is 3.34. The van der Waals surface area contributed by atoms with Gasteiger partial charge in [-0.2, -0.15) is 5.10 Å². The van der Waals surface area contributed by atoms with E-state index >= 15 is 0 Å². The Morgan fingerprint density at radius 1 is 1.21 bits per heavy atom. The third-order valence-electron chi connectivity index (χ3n) is 4.31. The maximum atomic E-state index is 13.2. The number of hydrogen-bond donors (Lipinski definition) is 1. The SMILES string of the molecule is CCc1c(C(=O)NCc2ccc(S(=O)(=O)N(C)C)s2)cnn1-c1ccc(F)cc1. The highest BCUT2D eigenvalue weighted by molar-refractivity contribution is 7.91. The molecule has 1 N–H and O–H groups in total. The van der Waals surface area contributed by atoms with Crippen molar-refractivity contribution < 1.29 is 17.6 Å². The van der Waals surface area contributed by atoms with Crippen molar-refractivity contribution in [3.63, 3.8) is 0 Å². The number of nitrogens with zero attached hydrogens (tertiary/aromatic N) is 3. The molecule has 154 valence electrons. The van der Waals surface area contributed by atoms with Crippen LogP contribution in [0.15, 0.2) is 46.8 Å². The number of benzene rings is 1. The Kier molecular flexibility index (Phi) is 6.15. The minimum Gasteiger partial charge on any atom is -0.347 e. The third kappa shape index (κ3) is 4.39. The highest BCUT2D eigenvalue weighted by Gasteiger charge is 2.21. The van der Waals surface area contributed by atoms with Gasteiger partial charge in [-0.15, -0.1) is 11.3 Å². The van der Waals surface area contributed by atoms with Crippen LogP contribution in [0.2, 0.25) is 0 Å². The Morgan fingerprint density at radius 2 is 1.90 bits per heavy atom. The van der Waals surface area contributed by atoms with Crippen LogP contribution in [0.5, 0.6) is 0 Å². The fraction of sp³-hybridized carbons (Fsp3) is 0.263. The molecule has 0 unspecified atom stereocenters. The standard InChI is InChI=1S/C19H21FN4O3S2/c1-4-17-16(12-22-24(17)14-7-5-13(20)6-8-14)19(25)21-11-15-9-10-18(28-15)29(26,27)23(2)3/h5-10,12H,4,11H2,1-3H3,(H,21,25). The Labute approximate surface area is 172 Å². The number of halogens is 1. The number of amides is 1. The van der Waals surface area contributed by atoms with Crippen LogP contribution in [0.3, 0.4) is 0 Å². The predicted molar refractivity (Wildman–Crippen MR) is 109 cm³/mol. The first-order valence-corrected chi connectivity index (χ1v) is 11.1. The molecule has 1 amide bonds. The lowest BCUT2D eigenvalue weighted by Gasteiger charge is -2.09. The molecule has 0 bridgehead atoms. The Morgan fingerprint density at radius 3 is 2.52 bits per heavy atom. The van der Waals surface area contributed by atoms with Gasteiger partial charge in [0, 0.05) is 19.0 Å². The van der Waals surface area contributed by atoms with E-state index in [2.05, 4.69) is 10.4 Å². The highest BCUT2D eigenvalue weighted by Crippen LogP contribution is 2.24. The summed E-state index contributed by atoms with van der Waals surface area (Å²) in [6.07, 6.45) is 2.04. The summed E-state index contributed by atoms with van der Waals surface area (Å²) in [6.45, 7) is 2.11. The van der Waals surface area contributed by atoms with Crippen LogP contribution >= 0.6 is 11.3 Å². The van der Waals surface area contributed by atoms with Crippen LogP contribution in [-0.2, 0) is 23.0 Å². The molecule has 0 aliphatic rings. The van der Waals surface area contributed by atoms with Gasteiger partial charge in [0.1, 0.15) is 10.0 Å². The summed E-state index contributed by atoms with van der Waals surface area (Å²) in [5.41, 5.74) is 1.80. The summed E-state index contributed by atoms with van der Waals surface area (Å²) in [5.74, 6) is -0.649. The minimum absolute atomic E-state index is 0.206. The van der Waals surface area contributed by atoms with E-state index in [0.29, 0.717) is 23.4 Å². The van der Waals surface area contributed by atoms with Gasteiger partial charge in [0.2, 0.25) is 0 Å². The van der Waals surface area contributed by atoms with Crippen molar-refractivity contribution in [1.29, 1.82) is 0 Å². The van der Waals surface area contributed by atoms with Crippen LogP contribution < -0.4 is 5.32 Å². The molecule has 29 heavy (non-hydrogen) atoms. The summed E-state index contributed by atoms with van der Waals surface area (Å²) >= 11 is 1.12. The third-order valence-corrected chi connectivity index (χ3v) is 7.68. The monoisotopic (exact) mass is 436 g/mol. The van der Waals surface area contributed by atoms with E-state index in [1.54, 1.807) is 22.9 Å². The van der Waals surface area contributed by atoms with Crippen LogP contribution in [0, 0.1) is 5.82 Å². The molecule has 0 aliphatic heterocycles. The molecule has 2 heterocycles. The average molecular weight is 437 g/mol. The molecular weight excluding hydrogens is 415 g/mol. The molecule has 0 fully saturated rings. The van der Waals surface area contributed by atoms with Crippen LogP contribution in [0.25, 0.3) is 5.69 Å². The maximum Gasteiger partial charge on any atom is 0.255 e. The molecule has 10 heteroatoms. The lowest BCUT2D eigenvalue weighted by atomic mass is 10.2. The predicted octanol–water partition coefficient (Wildman–Crippen LogP) is 2.82. The van der Waals surface area contributed by atoms with Crippen molar-refractivity contribution in [3.8, 4) is 5.69 Å². The summed E-state index contributed by atoms with van der Waals surface area (Å²) in [6, 6.07) is 9.09. The summed E-state index contributed by atoms with van der Waals surface area (Å²) in [7, 11) is -0.541. The molecule has 0 saturated carbocycles. The number of carbonyl (C=O) groups is 1. The molecule has 2 aromatic heterocycles. The fourth-order valence-electron chi connectivity index (χ4n) is 2.74. The van der Waals surface area contributed by atoms with E-state index in [9.17, 15) is 17.6 Å². The molecule has 0 radical (unpaired) electrons. The van der Waals surface area contributed by atoms with Gasteiger partial charge in [-0.25, -0.2) is 21.8 Å². The lowest BCUT2D eigenvalue weighted by molar-refractivity contribution is 0.0950. The largest absolute Gasteiger partial charge is 0.347 e. The zero-order valence-electron chi connectivity index (χ0n) is 16.2. The number of nitrogens with one attached hydrogen (secondary N) is 1. The van der Waals surface area contributed by atoms with Crippen molar-refractivity contribution in [3.05, 3.63) is 64.5 Å². The summed E-state index contributed by atoms with van der Waals surface area (Å²) in [4.78, 5) is 13.4. The molecule has 0 spiro atoms. The van der Waals surface area contributed by atoms with Crippen LogP contribution in [0.1, 0.15) is 27.9 Å². The number of rotatable bonds is 7. The summed E-state index contributed by atoms with van der Waals surface area (Å²) < 4.78 is 40.5. The minimum atomic E-state index is -3.49. The second kappa shape index (κ2) is 8.44. The van der Waals surface area contributed by atoms with Gasteiger partial charge in [0.15, 0.2) is 0 Å². The van der Waals surface area contributed by atoms with Gasteiger partial charge in [0.25, 0.3) is 15.9 Å². The number of hydrogen-bond acceptors (Lipinski definition) is 5. The van der Waals surface area contributed by atoms with E-state index in [0.717, 1.165) is 20.5 Å². The van der Waals surface area contributed by atoms with Gasteiger partial charge < -0.3 is 5.32 Å². The van der Waals surface area contributed by atoms with Gasteiger partial charge in [-0.05, 0) is 42.8 Å². The molecule has 7 nitrogen and oxygen atoms in total.